The van der Waals surface area contributed by atoms with Gasteiger partial charge in [0.05, 0.1) is 28.3 Å². The van der Waals surface area contributed by atoms with Crippen LogP contribution < -0.4 is 0 Å². The van der Waals surface area contributed by atoms with Crippen molar-refractivity contribution in [2.75, 3.05) is 0 Å². The topological polar surface area (TPSA) is 30.2 Å². The second-order valence-electron chi connectivity index (χ2n) is 4.06. The predicted molar refractivity (Wildman–Crippen MR) is 68.0 cm³/mol. The number of hydrogen-bond donors (Lipinski definition) is 0. The average Bonchev–Trinajstić information content (AvgIpc) is 2.86. The van der Waals surface area contributed by atoms with E-state index >= 15 is 0 Å². The van der Waals surface area contributed by atoms with Crippen LogP contribution in [0.15, 0.2) is 55.0 Å². The number of benzene rings is 1. The van der Waals surface area contributed by atoms with E-state index in [1.165, 1.54) is 0 Å². The molecule has 1 aromatic carbocycles. The molecule has 3 heteroatoms. The third-order valence-corrected chi connectivity index (χ3v) is 3.09. The fourth-order valence-corrected chi connectivity index (χ4v) is 2.32. The zero-order valence-electron chi connectivity index (χ0n) is 9.04. The zero-order chi connectivity index (χ0) is 11.2. The highest BCUT2D eigenvalue weighted by Gasteiger charge is 2.05. The van der Waals surface area contributed by atoms with Crippen molar-refractivity contribution in [3.8, 4) is 0 Å². The number of nitrogens with zero attached hydrogens (tertiary/aromatic N) is 3. The highest BCUT2D eigenvalue weighted by molar-refractivity contribution is 6.03. The molecule has 0 unspecified atom stereocenters. The predicted octanol–water partition coefficient (Wildman–Crippen LogP) is 3.04. The van der Waals surface area contributed by atoms with Gasteiger partial charge >= 0.3 is 0 Å². The van der Waals surface area contributed by atoms with Gasteiger partial charge < -0.3 is 4.40 Å². The van der Waals surface area contributed by atoms with Crippen molar-refractivity contribution in [3.05, 3.63) is 55.0 Å². The summed E-state index contributed by atoms with van der Waals surface area (Å²) in [7, 11) is 0. The van der Waals surface area contributed by atoms with Gasteiger partial charge in [0.15, 0.2) is 0 Å². The molecule has 0 saturated heterocycles. The summed E-state index contributed by atoms with van der Waals surface area (Å²) in [6.07, 6.45) is 5.77. The van der Waals surface area contributed by atoms with Crippen molar-refractivity contribution in [2.24, 2.45) is 0 Å². The van der Waals surface area contributed by atoms with E-state index in [-0.39, 0.29) is 0 Å². The van der Waals surface area contributed by atoms with Gasteiger partial charge in [-0.05, 0) is 36.4 Å². The lowest BCUT2D eigenvalue weighted by molar-refractivity contribution is 1.23. The summed E-state index contributed by atoms with van der Waals surface area (Å²) in [5.74, 6) is 0. The molecule has 0 saturated carbocycles. The highest BCUT2D eigenvalue weighted by atomic mass is 14.9. The van der Waals surface area contributed by atoms with Crippen LogP contribution in [0.1, 0.15) is 0 Å². The lowest BCUT2D eigenvalue weighted by Crippen LogP contribution is -1.91. The van der Waals surface area contributed by atoms with Crippen LogP contribution in [0.4, 0.5) is 0 Å². The van der Waals surface area contributed by atoms with Gasteiger partial charge in [0.2, 0.25) is 0 Å². The Hall–Kier alpha value is -2.42. The van der Waals surface area contributed by atoms with Gasteiger partial charge in [0, 0.05) is 17.8 Å². The molecule has 80 valence electrons. The van der Waals surface area contributed by atoms with E-state index in [2.05, 4.69) is 32.7 Å². The summed E-state index contributed by atoms with van der Waals surface area (Å²) < 4.78 is 2.16. The second kappa shape index (κ2) is 3.04. The maximum atomic E-state index is 4.48. The van der Waals surface area contributed by atoms with Gasteiger partial charge in [-0.15, -0.1) is 0 Å². The first-order chi connectivity index (χ1) is 8.43. The molecule has 4 aromatic rings. The molecule has 0 aliphatic rings. The van der Waals surface area contributed by atoms with Crippen LogP contribution in [0, 0.1) is 0 Å². The van der Waals surface area contributed by atoms with Crippen LogP contribution in [0.5, 0.6) is 0 Å². The molecule has 3 heterocycles. The van der Waals surface area contributed by atoms with E-state index < -0.39 is 0 Å². The third kappa shape index (κ3) is 1.11. The Labute approximate surface area is 97.4 Å². The molecule has 0 spiro atoms. The highest BCUT2D eigenvalue weighted by Crippen LogP contribution is 2.23. The lowest BCUT2D eigenvalue weighted by atomic mass is 10.2. The summed E-state index contributed by atoms with van der Waals surface area (Å²) in [5.41, 5.74) is 4.23. The van der Waals surface area contributed by atoms with E-state index in [9.17, 15) is 0 Å². The zero-order valence-corrected chi connectivity index (χ0v) is 9.04. The van der Waals surface area contributed by atoms with Gasteiger partial charge in [0.1, 0.15) is 0 Å². The Bertz CT molecular complexity index is 846. The van der Waals surface area contributed by atoms with Crippen LogP contribution in [-0.4, -0.2) is 14.4 Å². The average molecular weight is 219 g/mol. The maximum absolute atomic E-state index is 4.48. The molecule has 4 rings (SSSR count). The van der Waals surface area contributed by atoms with Crippen LogP contribution in [0.2, 0.25) is 0 Å². The number of pyridine rings is 1. The van der Waals surface area contributed by atoms with E-state index in [1.807, 2.05) is 36.7 Å². The molecule has 0 radical (unpaired) electrons. The van der Waals surface area contributed by atoms with E-state index in [1.54, 1.807) is 0 Å². The van der Waals surface area contributed by atoms with Gasteiger partial charge in [0.25, 0.3) is 0 Å². The fourth-order valence-electron chi connectivity index (χ4n) is 2.32. The van der Waals surface area contributed by atoms with Crippen molar-refractivity contribution in [1.82, 2.24) is 14.4 Å². The van der Waals surface area contributed by atoms with E-state index in [0.29, 0.717) is 0 Å². The number of fused-ring (bicyclic) bond motifs is 5. The van der Waals surface area contributed by atoms with Crippen LogP contribution in [-0.2, 0) is 0 Å². The molecular formula is C14H9N3. The van der Waals surface area contributed by atoms with Crippen LogP contribution >= 0.6 is 0 Å². The van der Waals surface area contributed by atoms with Crippen molar-refractivity contribution in [1.29, 1.82) is 0 Å². The minimum atomic E-state index is 0.995. The smallest absolute Gasteiger partial charge is 0.0878 e. The summed E-state index contributed by atoms with van der Waals surface area (Å²) in [5, 5.41) is 1.14. The molecule has 0 fully saturated rings. The Morgan fingerprint density at radius 1 is 0.882 bits per heavy atom. The van der Waals surface area contributed by atoms with Crippen LogP contribution in [0.3, 0.4) is 0 Å². The quantitative estimate of drug-likeness (QED) is 0.425. The number of rotatable bonds is 0. The molecule has 0 amide bonds. The van der Waals surface area contributed by atoms with E-state index in [0.717, 1.165) is 27.5 Å². The fraction of sp³-hybridized carbons (Fsp3) is 0. The number of aromatic nitrogens is 3. The first-order valence-electron chi connectivity index (χ1n) is 5.53. The molecule has 3 aromatic heterocycles. The standard InChI is InChI=1S/C14H9N3/c1-4-11-12(15-7-1)5-6-13-14(11)17-8-2-3-10(17)9-16-13/h1-9H. The SMILES string of the molecule is c1cnc2ccc3ncc4cccn4c3c2c1. The van der Waals surface area contributed by atoms with Gasteiger partial charge in [-0.25, -0.2) is 0 Å². The normalized spacial score (nSPS) is 11.5. The van der Waals surface area contributed by atoms with E-state index in [4.69, 9.17) is 0 Å². The van der Waals surface area contributed by atoms with Gasteiger partial charge in [-0.1, -0.05) is 0 Å². The van der Waals surface area contributed by atoms with Gasteiger partial charge in [-0.2, -0.15) is 0 Å². The Morgan fingerprint density at radius 3 is 2.82 bits per heavy atom. The second-order valence-corrected chi connectivity index (χ2v) is 4.06. The molecular weight excluding hydrogens is 210 g/mol. The molecule has 0 bridgehead atoms. The summed E-state index contributed by atoms with van der Waals surface area (Å²) in [6.45, 7) is 0. The molecule has 0 N–H and O–H groups in total. The minimum absolute atomic E-state index is 0.995. The van der Waals surface area contributed by atoms with Crippen molar-refractivity contribution >= 4 is 27.5 Å². The summed E-state index contributed by atoms with van der Waals surface area (Å²) in [6, 6.07) is 12.2. The maximum Gasteiger partial charge on any atom is 0.0878 e. The molecule has 0 aliphatic heterocycles. The first-order valence-corrected chi connectivity index (χ1v) is 5.53. The van der Waals surface area contributed by atoms with Crippen molar-refractivity contribution in [2.45, 2.75) is 0 Å². The Kier molecular flexibility index (Phi) is 1.56. The minimum Gasteiger partial charge on any atom is -0.313 e. The first kappa shape index (κ1) is 8.70. The van der Waals surface area contributed by atoms with Crippen molar-refractivity contribution in [3.63, 3.8) is 0 Å². The Balaban J connectivity index is 2.41. The third-order valence-electron chi connectivity index (χ3n) is 3.09. The summed E-state index contributed by atoms with van der Waals surface area (Å²) in [4.78, 5) is 8.86. The van der Waals surface area contributed by atoms with Crippen molar-refractivity contribution < 1.29 is 0 Å². The largest absolute Gasteiger partial charge is 0.313 e. The molecule has 0 atom stereocenters. The molecule has 0 aliphatic carbocycles. The monoisotopic (exact) mass is 219 g/mol. The van der Waals surface area contributed by atoms with Gasteiger partial charge in [-0.3, -0.25) is 9.97 Å². The van der Waals surface area contributed by atoms with Crippen LogP contribution in [0.25, 0.3) is 27.5 Å². The number of hydrogen-bond acceptors (Lipinski definition) is 2. The Morgan fingerprint density at radius 2 is 1.82 bits per heavy atom. The molecule has 17 heavy (non-hydrogen) atoms. The molecule has 3 nitrogen and oxygen atoms in total. The lowest BCUT2D eigenvalue weighted by Gasteiger charge is -2.05. The summed E-state index contributed by atoms with van der Waals surface area (Å²) >= 11 is 0.